The van der Waals surface area contributed by atoms with E-state index >= 15 is 0 Å². The molecule has 0 unspecified atom stereocenters. The summed E-state index contributed by atoms with van der Waals surface area (Å²) in [5.41, 5.74) is 4.09. The Morgan fingerprint density at radius 2 is 1.85 bits per heavy atom. The number of hydrogen-bond donors (Lipinski definition) is 2. The van der Waals surface area contributed by atoms with Crippen molar-refractivity contribution in [1.29, 1.82) is 0 Å². The molecule has 0 amide bonds. The predicted molar refractivity (Wildman–Crippen MR) is 106 cm³/mol. The second-order valence-electron chi connectivity index (χ2n) is 6.23. The highest BCUT2D eigenvalue weighted by Gasteiger charge is 2.07. The average Bonchev–Trinajstić information content (AvgIpc) is 3.24. The van der Waals surface area contributed by atoms with Gasteiger partial charge in [0.1, 0.15) is 6.10 Å². The molecular weight excluding hydrogens is 326 g/mol. The summed E-state index contributed by atoms with van der Waals surface area (Å²) in [6.07, 6.45) is 4.89. The van der Waals surface area contributed by atoms with Crippen LogP contribution in [0.25, 0.3) is 27.9 Å². The molecule has 0 aliphatic carbocycles. The normalized spacial score (nSPS) is 12.0. The molecule has 2 aromatic carbocycles. The summed E-state index contributed by atoms with van der Waals surface area (Å²) in [5, 5.41) is 24.7. The molecule has 2 heterocycles. The molecule has 2 aromatic heterocycles. The van der Waals surface area contributed by atoms with Gasteiger partial charge in [-0.15, -0.1) is 0 Å². The SMILES string of the molecule is C=Cc1ccc2cnn(C)c2c1.Cn1ccc2ccc([C@@H](O)CO)cc21. The first-order valence-corrected chi connectivity index (χ1v) is 8.41. The van der Waals surface area contributed by atoms with Gasteiger partial charge in [-0.1, -0.05) is 36.9 Å². The number of hydrogen-bond acceptors (Lipinski definition) is 3. The van der Waals surface area contributed by atoms with Gasteiger partial charge in [0.2, 0.25) is 0 Å². The Hall–Kier alpha value is -2.89. The Kier molecular flexibility index (Phi) is 5.21. The molecule has 5 nitrogen and oxygen atoms in total. The zero-order valence-corrected chi connectivity index (χ0v) is 15.0. The van der Waals surface area contributed by atoms with Gasteiger partial charge in [0, 0.05) is 31.2 Å². The van der Waals surface area contributed by atoms with Crippen LogP contribution >= 0.6 is 0 Å². The van der Waals surface area contributed by atoms with E-state index in [1.807, 2.05) is 72.1 Å². The molecule has 0 radical (unpaired) electrons. The molecule has 0 bridgehead atoms. The topological polar surface area (TPSA) is 63.2 Å². The number of aromatic nitrogens is 3. The van der Waals surface area contributed by atoms with Crippen molar-refractivity contribution >= 4 is 27.9 Å². The highest BCUT2D eigenvalue weighted by molar-refractivity contribution is 5.81. The third kappa shape index (κ3) is 3.54. The average molecular weight is 349 g/mol. The number of nitrogens with zero attached hydrogens (tertiary/aromatic N) is 3. The van der Waals surface area contributed by atoms with Crippen molar-refractivity contribution in [3.8, 4) is 0 Å². The van der Waals surface area contributed by atoms with Crippen LogP contribution in [-0.4, -0.2) is 31.2 Å². The van der Waals surface area contributed by atoms with Gasteiger partial charge in [0.25, 0.3) is 0 Å². The third-order valence-corrected chi connectivity index (χ3v) is 4.48. The van der Waals surface area contributed by atoms with E-state index in [0.717, 1.165) is 27.5 Å². The van der Waals surface area contributed by atoms with Crippen molar-refractivity contribution in [2.45, 2.75) is 6.10 Å². The van der Waals surface area contributed by atoms with Gasteiger partial charge in [-0.3, -0.25) is 4.68 Å². The molecule has 5 heteroatoms. The Morgan fingerprint density at radius 3 is 2.58 bits per heavy atom. The minimum Gasteiger partial charge on any atom is -0.393 e. The lowest BCUT2D eigenvalue weighted by atomic mass is 10.1. The smallest absolute Gasteiger partial charge is 0.102 e. The molecular formula is C21H23N3O2. The van der Waals surface area contributed by atoms with E-state index in [0.29, 0.717) is 0 Å². The number of aliphatic hydroxyl groups is 2. The zero-order valence-electron chi connectivity index (χ0n) is 15.0. The highest BCUT2D eigenvalue weighted by Crippen LogP contribution is 2.20. The van der Waals surface area contributed by atoms with Crippen molar-refractivity contribution < 1.29 is 10.2 Å². The maximum atomic E-state index is 9.46. The van der Waals surface area contributed by atoms with Gasteiger partial charge in [-0.05, 0) is 34.7 Å². The van der Waals surface area contributed by atoms with Crippen LogP contribution in [0.2, 0.25) is 0 Å². The number of fused-ring (bicyclic) bond motifs is 2. The van der Waals surface area contributed by atoms with Crippen LogP contribution in [0.5, 0.6) is 0 Å². The summed E-state index contributed by atoms with van der Waals surface area (Å²) in [6.45, 7) is 3.48. The fourth-order valence-electron chi connectivity index (χ4n) is 2.88. The van der Waals surface area contributed by atoms with Gasteiger partial charge >= 0.3 is 0 Å². The molecule has 2 N–H and O–H groups in total. The largest absolute Gasteiger partial charge is 0.393 e. The van der Waals surface area contributed by atoms with Gasteiger partial charge in [0.15, 0.2) is 0 Å². The standard InChI is InChI=1S/C11H13NO2.C10H10N2/c1-12-5-4-8-2-3-9(6-10(8)12)11(14)7-13;1-3-8-4-5-9-7-11-12(2)10(9)6-8/h2-6,11,13-14H,7H2,1H3;3-7H,1H2,2H3/t11-;/m0./s1. The molecule has 4 rings (SSSR count). The Morgan fingerprint density at radius 1 is 1.08 bits per heavy atom. The fraction of sp³-hybridized carbons (Fsp3) is 0.190. The first-order valence-electron chi connectivity index (χ1n) is 8.41. The summed E-state index contributed by atoms with van der Waals surface area (Å²) in [5.74, 6) is 0. The lowest BCUT2D eigenvalue weighted by Gasteiger charge is -2.07. The second kappa shape index (κ2) is 7.56. The van der Waals surface area contributed by atoms with E-state index in [1.54, 1.807) is 0 Å². The predicted octanol–water partition coefficient (Wildman–Crippen LogP) is 3.42. The monoisotopic (exact) mass is 349 g/mol. The first kappa shape index (κ1) is 17.9. The van der Waals surface area contributed by atoms with Crippen LogP contribution in [0.4, 0.5) is 0 Å². The van der Waals surface area contributed by atoms with E-state index in [4.69, 9.17) is 5.11 Å². The first-order chi connectivity index (χ1) is 12.5. The maximum absolute atomic E-state index is 9.46. The summed E-state index contributed by atoms with van der Waals surface area (Å²) < 4.78 is 3.85. The molecule has 0 saturated carbocycles. The lowest BCUT2D eigenvalue weighted by Crippen LogP contribution is -2.02. The van der Waals surface area contributed by atoms with Crippen LogP contribution in [0.3, 0.4) is 0 Å². The van der Waals surface area contributed by atoms with Gasteiger partial charge in [-0.2, -0.15) is 5.10 Å². The summed E-state index contributed by atoms with van der Waals surface area (Å²) in [6, 6.07) is 13.9. The summed E-state index contributed by atoms with van der Waals surface area (Å²) in [4.78, 5) is 0. The van der Waals surface area contributed by atoms with Crippen molar-refractivity contribution in [2.24, 2.45) is 14.1 Å². The minimum atomic E-state index is -0.783. The van der Waals surface area contributed by atoms with Gasteiger partial charge < -0.3 is 14.8 Å². The van der Waals surface area contributed by atoms with Crippen LogP contribution in [-0.2, 0) is 14.1 Å². The van der Waals surface area contributed by atoms with E-state index < -0.39 is 6.10 Å². The van der Waals surface area contributed by atoms with Gasteiger partial charge in [0.05, 0.1) is 18.3 Å². The lowest BCUT2D eigenvalue weighted by molar-refractivity contribution is 0.0957. The van der Waals surface area contributed by atoms with Crippen molar-refractivity contribution in [3.63, 3.8) is 0 Å². The molecule has 0 aliphatic heterocycles. The molecule has 0 spiro atoms. The fourth-order valence-corrected chi connectivity index (χ4v) is 2.88. The zero-order chi connectivity index (χ0) is 18.7. The number of aliphatic hydroxyl groups excluding tert-OH is 2. The van der Waals surface area contributed by atoms with Crippen LogP contribution in [0, 0.1) is 0 Å². The van der Waals surface area contributed by atoms with Crippen molar-refractivity contribution in [2.75, 3.05) is 6.61 Å². The molecule has 134 valence electrons. The number of rotatable bonds is 3. The van der Waals surface area contributed by atoms with Crippen molar-refractivity contribution in [1.82, 2.24) is 14.3 Å². The molecule has 0 aliphatic rings. The Labute approximate surface area is 152 Å². The van der Waals surface area contributed by atoms with Crippen LogP contribution in [0.1, 0.15) is 17.2 Å². The van der Waals surface area contributed by atoms with Gasteiger partial charge in [-0.25, -0.2) is 0 Å². The minimum absolute atomic E-state index is 0.240. The molecule has 4 aromatic rings. The van der Waals surface area contributed by atoms with E-state index in [9.17, 15) is 5.11 Å². The van der Waals surface area contributed by atoms with Crippen molar-refractivity contribution in [3.05, 3.63) is 72.6 Å². The summed E-state index contributed by atoms with van der Waals surface area (Å²) >= 11 is 0. The quantitative estimate of drug-likeness (QED) is 0.596. The third-order valence-electron chi connectivity index (χ3n) is 4.48. The highest BCUT2D eigenvalue weighted by atomic mass is 16.3. The molecule has 0 saturated heterocycles. The van der Waals surface area contributed by atoms with E-state index in [-0.39, 0.29) is 6.61 Å². The van der Waals surface area contributed by atoms with E-state index in [1.165, 1.54) is 5.39 Å². The number of aryl methyl sites for hydroxylation is 2. The molecule has 26 heavy (non-hydrogen) atoms. The Balaban J connectivity index is 0.000000152. The number of benzene rings is 2. The summed E-state index contributed by atoms with van der Waals surface area (Å²) in [7, 11) is 3.90. The van der Waals surface area contributed by atoms with Crippen LogP contribution in [0.15, 0.2) is 61.4 Å². The molecule has 1 atom stereocenters. The molecule has 0 fully saturated rings. The van der Waals surface area contributed by atoms with Crippen LogP contribution < -0.4 is 0 Å². The maximum Gasteiger partial charge on any atom is 0.102 e. The Bertz CT molecular complexity index is 1050. The second-order valence-corrected chi connectivity index (χ2v) is 6.23. The van der Waals surface area contributed by atoms with E-state index in [2.05, 4.69) is 23.8 Å².